The van der Waals surface area contributed by atoms with Crippen LogP contribution in [0.3, 0.4) is 0 Å². The average molecular weight is 240 g/mol. The number of para-hydroxylation sites is 1. The maximum Gasteiger partial charge on any atom is 0.224 e. The molecule has 1 aliphatic rings. The number of anilines is 1. The molecule has 0 radical (unpaired) electrons. The summed E-state index contributed by atoms with van der Waals surface area (Å²) in [6, 6.07) is 6.81. The van der Waals surface area contributed by atoms with Crippen LogP contribution < -0.4 is 4.90 Å². The second-order valence-electron chi connectivity index (χ2n) is 3.67. The highest BCUT2D eigenvalue weighted by Crippen LogP contribution is 2.33. The molecule has 5 nitrogen and oxygen atoms in total. The Morgan fingerprint density at radius 2 is 2.06 bits per heavy atom. The lowest BCUT2D eigenvalue weighted by Gasteiger charge is -2.26. The predicted octanol–water partition coefficient (Wildman–Crippen LogP) is 0.467. The highest BCUT2D eigenvalue weighted by Gasteiger charge is 2.35. The quantitative estimate of drug-likeness (QED) is 0.668. The van der Waals surface area contributed by atoms with Crippen LogP contribution in [0, 0.1) is 0 Å². The van der Waals surface area contributed by atoms with Crippen molar-refractivity contribution in [1.82, 2.24) is 0 Å². The predicted molar refractivity (Wildman–Crippen MR) is 56.8 cm³/mol. The van der Waals surface area contributed by atoms with Gasteiger partial charge < -0.3 is 4.55 Å². The molecule has 0 spiro atoms. The number of amides is 1. The van der Waals surface area contributed by atoms with Crippen LogP contribution in [0.2, 0.25) is 0 Å². The Morgan fingerprint density at radius 1 is 1.44 bits per heavy atom. The van der Waals surface area contributed by atoms with E-state index in [-0.39, 0.29) is 6.42 Å². The summed E-state index contributed by atoms with van der Waals surface area (Å²) in [6.07, 6.45) is 0.0710. The van der Waals surface area contributed by atoms with Crippen LogP contribution in [0.4, 0.5) is 5.69 Å². The topological polar surface area (TPSA) is 77.5 Å². The third-order valence-corrected chi connectivity index (χ3v) is 3.65. The Bertz CT molecular complexity index is 538. The molecule has 2 rings (SSSR count). The zero-order valence-corrected chi connectivity index (χ0v) is 9.40. The molecule has 1 aliphatic heterocycles. The first-order valence-electron chi connectivity index (χ1n) is 4.73. The van der Waals surface area contributed by atoms with Crippen molar-refractivity contribution in [3.63, 3.8) is 0 Å². The van der Waals surface area contributed by atoms with Crippen molar-refractivity contribution in [2.24, 2.45) is 0 Å². The van der Waals surface area contributed by atoms with Crippen molar-refractivity contribution >= 4 is 21.7 Å². The van der Waals surface area contributed by atoms with E-state index in [1.165, 1.54) is 6.92 Å². The molecule has 1 aromatic carbocycles. The van der Waals surface area contributed by atoms with Crippen LogP contribution in [-0.2, 0) is 21.3 Å². The molecule has 1 aromatic rings. The molecule has 1 heterocycles. The Labute approximate surface area is 93.4 Å². The molecule has 0 saturated carbocycles. The zero-order valence-electron chi connectivity index (χ0n) is 8.58. The molecular weight excluding hydrogens is 230 g/mol. The number of carbonyl (C=O) groups is 1. The average Bonchev–Trinajstić information content (AvgIpc) is 2.55. The highest BCUT2D eigenvalue weighted by atomic mass is 32.2. The molecule has 16 heavy (non-hydrogen) atoms. The lowest BCUT2D eigenvalue weighted by atomic mass is 10.2. The van der Waals surface area contributed by atoms with Crippen molar-refractivity contribution in [1.29, 1.82) is 0 Å². The number of benzene rings is 1. The van der Waals surface area contributed by atoms with E-state index in [1.54, 1.807) is 24.3 Å². The van der Waals surface area contributed by atoms with Crippen LogP contribution in [-0.4, -0.2) is 24.3 Å². The van der Waals surface area contributed by atoms with Crippen molar-refractivity contribution in [2.45, 2.75) is 18.7 Å². The van der Waals surface area contributed by atoms with E-state index in [1.807, 2.05) is 0 Å². The highest BCUT2D eigenvalue weighted by molar-refractivity contribution is 7.86. The van der Waals surface area contributed by atoms with E-state index < -0.39 is 21.4 Å². The minimum Gasteiger partial charge on any atom is -0.746 e. The summed E-state index contributed by atoms with van der Waals surface area (Å²) >= 11 is 0. The van der Waals surface area contributed by atoms with Gasteiger partial charge in [-0.3, -0.25) is 9.69 Å². The van der Waals surface area contributed by atoms with Crippen molar-refractivity contribution in [2.75, 3.05) is 4.90 Å². The molecule has 1 atom stereocenters. The molecule has 0 N–H and O–H groups in total. The molecule has 0 aromatic heterocycles. The molecule has 0 unspecified atom stereocenters. The molecule has 0 fully saturated rings. The van der Waals surface area contributed by atoms with Crippen LogP contribution in [0.5, 0.6) is 0 Å². The number of rotatable bonds is 1. The fraction of sp³-hybridized carbons (Fsp3) is 0.300. The van der Waals surface area contributed by atoms with Gasteiger partial charge in [-0.25, -0.2) is 8.42 Å². The normalized spacial score (nSPS) is 19.6. The Balaban J connectivity index is 2.54. The largest absolute Gasteiger partial charge is 0.746 e. The number of carbonyl (C=O) groups excluding carboxylic acids is 1. The maximum absolute atomic E-state index is 11.4. The molecular formula is C10H10NO4S-. The third-order valence-electron chi connectivity index (χ3n) is 2.61. The third kappa shape index (κ3) is 1.70. The van der Waals surface area contributed by atoms with Gasteiger partial charge >= 0.3 is 0 Å². The van der Waals surface area contributed by atoms with Gasteiger partial charge in [-0.05, 0) is 11.6 Å². The maximum atomic E-state index is 11.4. The van der Waals surface area contributed by atoms with E-state index >= 15 is 0 Å². The van der Waals surface area contributed by atoms with Crippen LogP contribution in [0.25, 0.3) is 0 Å². The smallest absolute Gasteiger partial charge is 0.224 e. The van der Waals surface area contributed by atoms with Gasteiger partial charge in [-0.1, -0.05) is 18.2 Å². The van der Waals surface area contributed by atoms with E-state index in [4.69, 9.17) is 0 Å². The lowest BCUT2D eigenvalue weighted by molar-refractivity contribution is -0.116. The SMILES string of the molecule is CC(=O)N1c2ccccc2C[C@H]1S(=O)(=O)[O-]. The fourth-order valence-electron chi connectivity index (χ4n) is 1.96. The number of nitrogens with zero attached hydrogens (tertiary/aromatic N) is 1. The zero-order chi connectivity index (χ0) is 11.9. The van der Waals surface area contributed by atoms with Gasteiger partial charge in [0.1, 0.15) is 15.5 Å². The number of hydrogen-bond donors (Lipinski definition) is 0. The minimum atomic E-state index is -4.51. The molecule has 0 aliphatic carbocycles. The van der Waals surface area contributed by atoms with Gasteiger partial charge in [0.15, 0.2) is 0 Å². The van der Waals surface area contributed by atoms with Crippen LogP contribution >= 0.6 is 0 Å². The number of fused-ring (bicyclic) bond motifs is 1. The monoisotopic (exact) mass is 240 g/mol. The second-order valence-corrected chi connectivity index (χ2v) is 5.20. The molecule has 1 amide bonds. The summed E-state index contributed by atoms with van der Waals surface area (Å²) in [6.45, 7) is 1.25. The first-order chi connectivity index (χ1) is 7.41. The van der Waals surface area contributed by atoms with E-state index in [0.29, 0.717) is 11.3 Å². The van der Waals surface area contributed by atoms with Crippen LogP contribution in [0.15, 0.2) is 24.3 Å². The van der Waals surface area contributed by atoms with E-state index in [9.17, 15) is 17.8 Å². The van der Waals surface area contributed by atoms with Crippen LogP contribution in [0.1, 0.15) is 12.5 Å². The summed E-state index contributed by atoms with van der Waals surface area (Å²) in [5, 5.41) is -1.30. The summed E-state index contributed by atoms with van der Waals surface area (Å²) in [5.74, 6) is -0.436. The lowest BCUT2D eigenvalue weighted by Crippen LogP contribution is -2.41. The standard InChI is InChI=1S/C10H11NO4S/c1-7(12)11-9-5-3-2-4-8(9)6-10(11)16(13,14)15/h2-5,10H,6H2,1H3,(H,13,14,15)/p-1/t10-/m1/s1. The first kappa shape index (κ1) is 11.1. The van der Waals surface area contributed by atoms with Crippen molar-refractivity contribution < 1.29 is 17.8 Å². The summed E-state index contributed by atoms with van der Waals surface area (Å²) in [4.78, 5) is 12.4. The fourth-order valence-corrected chi connectivity index (χ4v) is 2.86. The van der Waals surface area contributed by atoms with Gasteiger partial charge in [0.2, 0.25) is 5.91 Å². The Kier molecular flexibility index (Phi) is 2.47. The summed E-state index contributed by atoms with van der Waals surface area (Å²) < 4.78 is 33.2. The van der Waals surface area contributed by atoms with Crippen molar-refractivity contribution in [3.05, 3.63) is 29.8 Å². The molecule has 0 bridgehead atoms. The molecule has 0 saturated heterocycles. The molecule has 86 valence electrons. The van der Waals surface area contributed by atoms with Gasteiger partial charge in [-0.15, -0.1) is 0 Å². The van der Waals surface area contributed by atoms with Gasteiger partial charge in [-0.2, -0.15) is 0 Å². The Morgan fingerprint density at radius 3 is 2.62 bits per heavy atom. The number of hydrogen-bond acceptors (Lipinski definition) is 4. The first-order valence-corrected chi connectivity index (χ1v) is 6.21. The van der Waals surface area contributed by atoms with Crippen molar-refractivity contribution in [3.8, 4) is 0 Å². The summed E-state index contributed by atoms with van der Waals surface area (Å²) in [5.41, 5.74) is 1.22. The molecule has 6 heteroatoms. The van der Waals surface area contributed by atoms with Gasteiger partial charge in [0, 0.05) is 19.0 Å². The minimum absolute atomic E-state index is 0.0710. The summed E-state index contributed by atoms with van der Waals surface area (Å²) in [7, 11) is -4.51. The van der Waals surface area contributed by atoms with E-state index in [2.05, 4.69) is 0 Å². The van der Waals surface area contributed by atoms with Gasteiger partial charge in [0.05, 0.1) is 0 Å². The Hall–Kier alpha value is -1.40. The van der Waals surface area contributed by atoms with E-state index in [0.717, 1.165) is 4.90 Å². The second kappa shape index (κ2) is 3.57. The van der Waals surface area contributed by atoms with Gasteiger partial charge in [0.25, 0.3) is 0 Å².